The smallest absolute Gasteiger partial charge is 0.225 e. The SMILES string of the molecule is CCCCC(CCN(c1ncccn1)C1Cc2ccccc2C1)[NH+](C)C. The lowest BCUT2D eigenvalue weighted by atomic mass is 10.0. The average molecular weight is 354 g/mol. The van der Waals surface area contributed by atoms with E-state index >= 15 is 0 Å². The Hall–Kier alpha value is -1.94. The molecule has 26 heavy (non-hydrogen) atoms. The summed E-state index contributed by atoms with van der Waals surface area (Å²) in [7, 11) is 4.57. The van der Waals surface area contributed by atoms with E-state index in [1.54, 1.807) is 4.90 Å². The number of unbranched alkanes of at least 4 members (excludes halogenated alkanes) is 1. The van der Waals surface area contributed by atoms with Crippen molar-refractivity contribution in [2.75, 3.05) is 25.5 Å². The van der Waals surface area contributed by atoms with Crippen molar-refractivity contribution in [3.63, 3.8) is 0 Å². The topological polar surface area (TPSA) is 33.5 Å². The Morgan fingerprint density at radius 2 is 1.69 bits per heavy atom. The van der Waals surface area contributed by atoms with Gasteiger partial charge in [0.05, 0.1) is 20.1 Å². The molecule has 1 aromatic heterocycles. The minimum atomic E-state index is 0.471. The molecule has 0 saturated carbocycles. The van der Waals surface area contributed by atoms with Crippen molar-refractivity contribution in [3.05, 3.63) is 53.9 Å². The highest BCUT2D eigenvalue weighted by molar-refractivity contribution is 5.40. The molecule has 4 nitrogen and oxygen atoms in total. The number of rotatable bonds is 9. The Bertz CT molecular complexity index is 646. The monoisotopic (exact) mass is 353 g/mol. The molecular weight excluding hydrogens is 320 g/mol. The lowest BCUT2D eigenvalue weighted by Gasteiger charge is -2.31. The van der Waals surface area contributed by atoms with E-state index in [4.69, 9.17) is 0 Å². The van der Waals surface area contributed by atoms with Gasteiger partial charge in [0.2, 0.25) is 5.95 Å². The Kier molecular flexibility index (Phi) is 6.62. The Balaban J connectivity index is 1.73. The van der Waals surface area contributed by atoms with Crippen LogP contribution in [0.1, 0.15) is 43.7 Å². The van der Waals surface area contributed by atoms with Crippen LogP contribution >= 0.6 is 0 Å². The van der Waals surface area contributed by atoms with Gasteiger partial charge < -0.3 is 9.80 Å². The van der Waals surface area contributed by atoms with Gasteiger partial charge in [-0.05, 0) is 42.9 Å². The fraction of sp³-hybridized carbons (Fsp3) is 0.545. The normalized spacial score (nSPS) is 15.2. The summed E-state index contributed by atoms with van der Waals surface area (Å²) in [6.07, 6.45) is 11.0. The minimum Gasteiger partial charge on any atom is -0.337 e. The van der Waals surface area contributed by atoms with Gasteiger partial charge in [-0.15, -0.1) is 0 Å². The number of benzene rings is 1. The first-order chi connectivity index (χ1) is 12.7. The second kappa shape index (κ2) is 9.13. The summed E-state index contributed by atoms with van der Waals surface area (Å²) in [6, 6.07) is 11.9. The zero-order valence-corrected chi connectivity index (χ0v) is 16.5. The molecule has 3 rings (SSSR count). The third-order valence-electron chi connectivity index (χ3n) is 5.72. The van der Waals surface area contributed by atoms with E-state index in [0.29, 0.717) is 12.1 Å². The number of nitrogens with zero attached hydrogens (tertiary/aromatic N) is 3. The van der Waals surface area contributed by atoms with Crippen LogP contribution < -0.4 is 9.80 Å². The lowest BCUT2D eigenvalue weighted by molar-refractivity contribution is -0.886. The summed E-state index contributed by atoms with van der Waals surface area (Å²) in [4.78, 5) is 13.2. The van der Waals surface area contributed by atoms with Crippen LogP contribution in [0.4, 0.5) is 5.95 Å². The van der Waals surface area contributed by atoms with Crippen molar-refractivity contribution in [2.24, 2.45) is 0 Å². The van der Waals surface area contributed by atoms with E-state index in [-0.39, 0.29) is 0 Å². The van der Waals surface area contributed by atoms with E-state index in [0.717, 1.165) is 25.3 Å². The molecule has 2 aromatic rings. The fourth-order valence-corrected chi connectivity index (χ4v) is 4.11. The van der Waals surface area contributed by atoms with Crippen LogP contribution in [0.3, 0.4) is 0 Å². The van der Waals surface area contributed by atoms with Crippen LogP contribution in [-0.2, 0) is 12.8 Å². The summed E-state index contributed by atoms with van der Waals surface area (Å²) in [5.41, 5.74) is 2.97. The maximum atomic E-state index is 4.58. The van der Waals surface area contributed by atoms with Crippen molar-refractivity contribution in [2.45, 2.75) is 57.5 Å². The van der Waals surface area contributed by atoms with Crippen molar-refractivity contribution in [3.8, 4) is 0 Å². The van der Waals surface area contributed by atoms with Gasteiger partial charge in [0.1, 0.15) is 0 Å². The van der Waals surface area contributed by atoms with E-state index < -0.39 is 0 Å². The second-order valence-electron chi connectivity index (χ2n) is 7.78. The van der Waals surface area contributed by atoms with Gasteiger partial charge in [-0.2, -0.15) is 0 Å². The number of quaternary nitrogens is 1. The molecule has 1 aliphatic rings. The molecule has 0 spiro atoms. The predicted octanol–water partition coefficient (Wildman–Crippen LogP) is 2.54. The first-order valence-electron chi connectivity index (χ1n) is 10.1. The number of fused-ring (bicyclic) bond motifs is 1. The van der Waals surface area contributed by atoms with E-state index in [2.05, 4.69) is 60.2 Å². The molecule has 1 unspecified atom stereocenters. The zero-order valence-electron chi connectivity index (χ0n) is 16.5. The molecule has 1 N–H and O–H groups in total. The summed E-state index contributed by atoms with van der Waals surface area (Å²) in [6.45, 7) is 3.31. The van der Waals surface area contributed by atoms with Gasteiger partial charge in [-0.1, -0.05) is 37.6 Å². The summed E-state index contributed by atoms with van der Waals surface area (Å²) in [5, 5.41) is 0. The largest absolute Gasteiger partial charge is 0.337 e. The highest BCUT2D eigenvalue weighted by Gasteiger charge is 2.29. The van der Waals surface area contributed by atoms with Gasteiger partial charge in [0.25, 0.3) is 0 Å². The summed E-state index contributed by atoms with van der Waals surface area (Å²) < 4.78 is 0. The lowest BCUT2D eigenvalue weighted by Crippen LogP contribution is -3.10. The highest BCUT2D eigenvalue weighted by Crippen LogP contribution is 2.27. The Morgan fingerprint density at radius 3 is 2.27 bits per heavy atom. The van der Waals surface area contributed by atoms with E-state index in [9.17, 15) is 0 Å². The third kappa shape index (κ3) is 4.61. The van der Waals surface area contributed by atoms with Gasteiger partial charge in [-0.25, -0.2) is 9.97 Å². The zero-order chi connectivity index (χ0) is 18.4. The molecule has 0 aliphatic heterocycles. The molecule has 1 heterocycles. The molecule has 0 bridgehead atoms. The van der Waals surface area contributed by atoms with Crippen LogP contribution in [0.15, 0.2) is 42.7 Å². The minimum absolute atomic E-state index is 0.471. The molecule has 1 aliphatic carbocycles. The molecular formula is C22H33N4+. The maximum absolute atomic E-state index is 4.58. The molecule has 1 aromatic carbocycles. The molecule has 1 atom stereocenters. The highest BCUT2D eigenvalue weighted by atomic mass is 15.3. The Morgan fingerprint density at radius 1 is 1.04 bits per heavy atom. The van der Waals surface area contributed by atoms with Crippen LogP contribution in [-0.4, -0.2) is 42.7 Å². The summed E-state index contributed by atoms with van der Waals surface area (Å²) in [5.74, 6) is 0.883. The van der Waals surface area contributed by atoms with E-state index in [1.165, 1.54) is 36.8 Å². The van der Waals surface area contributed by atoms with Gasteiger partial charge in [-0.3, -0.25) is 0 Å². The van der Waals surface area contributed by atoms with Crippen molar-refractivity contribution in [1.82, 2.24) is 9.97 Å². The first-order valence-corrected chi connectivity index (χ1v) is 10.1. The van der Waals surface area contributed by atoms with Crippen LogP contribution in [0.2, 0.25) is 0 Å². The third-order valence-corrected chi connectivity index (χ3v) is 5.72. The van der Waals surface area contributed by atoms with Crippen LogP contribution in [0.5, 0.6) is 0 Å². The predicted molar refractivity (Wildman–Crippen MR) is 108 cm³/mol. The van der Waals surface area contributed by atoms with Gasteiger partial charge in [0, 0.05) is 31.4 Å². The fourth-order valence-electron chi connectivity index (χ4n) is 4.11. The standard InChI is InChI=1S/C22H32N4/c1-4-5-11-20(25(2)3)12-15-26(22-23-13-8-14-24-22)21-16-18-9-6-7-10-19(18)17-21/h6-10,13-14,20-21H,4-5,11-12,15-17H2,1-3H3/p+1. The summed E-state index contributed by atoms with van der Waals surface area (Å²) >= 11 is 0. The molecule has 0 amide bonds. The molecule has 0 radical (unpaired) electrons. The number of nitrogens with one attached hydrogen (secondary N) is 1. The van der Waals surface area contributed by atoms with Crippen molar-refractivity contribution in [1.29, 1.82) is 0 Å². The van der Waals surface area contributed by atoms with E-state index in [1.807, 2.05) is 18.5 Å². The molecule has 0 fully saturated rings. The number of anilines is 1. The van der Waals surface area contributed by atoms with Crippen molar-refractivity contribution < 1.29 is 4.90 Å². The van der Waals surface area contributed by atoms with Gasteiger partial charge in [0.15, 0.2) is 0 Å². The maximum Gasteiger partial charge on any atom is 0.225 e. The quantitative estimate of drug-likeness (QED) is 0.752. The molecule has 4 heteroatoms. The first kappa shape index (κ1) is 18.8. The van der Waals surface area contributed by atoms with Crippen LogP contribution in [0, 0.1) is 0 Å². The molecule has 140 valence electrons. The van der Waals surface area contributed by atoms with Crippen LogP contribution in [0.25, 0.3) is 0 Å². The molecule has 0 saturated heterocycles. The van der Waals surface area contributed by atoms with Gasteiger partial charge >= 0.3 is 0 Å². The average Bonchev–Trinajstić information content (AvgIpc) is 3.08. The Labute approximate surface area is 158 Å². The van der Waals surface area contributed by atoms with Crippen molar-refractivity contribution >= 4 is 5.95 Å². The number of aromatic nitrogens is 2. The number of hydrogen-bond donors (Lipinski definition) is 1. The second-order valence-corrected chi connectivity index (χ2v) is 7.78. The number of hydrogen-bond acceptors (Lipinski definition) is 3.